The molecule has 132 valence electrons. The molecule has 0 aliphatic carbocycles. The highest BCUT2D eigenvalue weighted by Gasteiger charge is 2.48. The van der Waals surface area contributed by atoms with Crippen molar-refractivity contribution in [2.45, 2.75) is 32.1 Å². The van der Waals surface area contributed by atoms with Crippen LogP contribution in [0.25, 0.3) is 0 Å². The van der Waals surface area contributed by atoms with Gasteiger partial charge in [0.25, 0.3) is 5.91 Å². The quantitative estimate of drug-likeness (QED) is 0.610. The van der Waals surface area contributed by atoms with E-state index in [-0.39, 0.29) is 17.9 Å². The largest absolute Gasteiger partial charge is 0.427 e. The highest BCUT2D eigenvalue weighted by molar-refractivity contribution is 5.95. The van der Waals surface area contributed by atoms with Gasteiger partial charge in [-0.2, -0.15) is 13.2 Å². The molecule has 0 N–H and O–H groups in total. The third-order valence-corrected chi connectivity index (χ3v) is 4.07. The number of hydrogen-bond acceptors (Lipinski definition) is 4. The first-order valence-corrected chi connectivity index (χ1v) is 7.46. The average Bonchev–Trinajstić information content (AvgIpc) is 2.47. The number of piperazine rings is 1. The summed E-state index contributed by atoms with van der Waals surface area (Å²) in [6, 6.07) is 3.74. The molecule has 0 saturated carbocycles. The molecule has 0 radical (unpaired) electrons. The lowest BCUT2D eigenvalue weighted by Crippen LogP contribution is -2.62. The Bertz CT molecular complexity index is 633. The molecule has 24 heavy (non-hydrogen) atoms. The number of halogens is 3. The summed E-state index contributed by atoms with van der Waals surface area (Å²) in [6.45, 7) is 2.64. The van der Waals surface area contributed by atoms with Crippen LogP contribution in [0, 0.1) is 0 Å². The van der Waals surface area contributed by atoms with E-state index in [1.54, 1.807) is 6.92 Å². The van der Waals surface area contributed by atoms with Gasteiger partial charge in [-0.15, -0.1) is 0 Å². The van der Waals surface area contributed by atoms with Crippen molar-refractivity contribution in [3.8, 4) is 5.75 Å². The van der Waals surface area contributed by atoms with Crippen LogP contribution in [0.15, 0.2) is 24.3 Å². The number of likely N-dealkylation sites (N-methyl/N-ethyl adjacent to an activating group) is 1. The van der Waals surface area contributed by atoms with Crippen LogP contribution in [0.1, 0.15) is 24.2 Å². The summed E-state index contributed by atoms with van der Waals surface area (Å²) >= 11 is 0. The van der Waals surface area contributed by atoms with Gasteiger partial charge in [0.15, 0.2) is 0 Å². The molecule has 2 unspecified atom stereocenters. The third-order valence-electron chi connectivity index (χ3n) is 4.07. The Morgan fingerprint density at radius 3 is 2.50 bits per heavy atom. The standard InChI is InChI=1S/C16H19F3N2O3/c1-10-8-21(9-14(20(10)3)16(17,18)19)15(23)12-5-4-6-13(7-12)24-11(2)22/h4-7,10,14H,8-9H2,1-3H3. The lowest BCUT2D eigenvalue weighted by atomic mass is 10.1. The molecule has 8 heteroatoms. The number of carbonyl (C=O) groups excluding carboxylic acids is 2. The second kappa shape index (κ2) is 6.80. The number of ether oxygens (including phenoxy) is 1. The van der Waals surface area contributed by atoms with Crippen LogP contribution in [-0.2, 0) is 4.79 Å². The van der Waals surface area contributed by atoms with Crippen LogP contribution >= 0.6 is 0 Å². The first-order valence-electron chi connectivity index (χ1n) is 7.46. The number of alkyl halides is 3. The number of carbonyl (C=O) groups is 2. The predicted octanol–water partition coefficient (Wildman–Crippen LogP) is 2.32. The van der Waals surface area contributed by atoms with E-state index in [9.17, 15) is 22.8 Å². The molecule has 2 rings (SSSR count). The SMILES string of the molecule is CC(=O)Oc1cccc(C(=O)N2CC(C)N(C)C(C(F)(F)F)C2)c1. The van der Waals surface area contributed by atoms with Crippen molar-refractivity contribution in [2.24, 2.45) is 0 Å². The fourth-order valence-corrected chi connectivity index (χ4v) is 2.71. The smallest absolute Gasteiger partial charge is 0.405 e. The zero-order valence-electron chi connectivity index (χ0n) is 13.6. The van der Waals surface area contributed by atoms with E-state index in [1.165, 1.54) is 48.0 Å². The van der Waals surface area contributed by atoms with Gasteiger partial charge in [-0.05, 0) is 32.2 Å². The highest BCUT2D eigenvalue weighted by Crippen LogP contribution is 2.30. The summed E-state index contributed by atoms with van der Waals surface area (Å²) in [5.41, 5.74) is 0.187. The van der Waals surface area contributed by atoms with E-state index in [4.69, 9.17) is 4.74 Å². The van der Waals surface area contributed by atoms with Crippen molar-refractivity contribution in [1.29, 1.82) is 0 Å². The van der Waals surface area contributed by atoms with Crippen molar-refractivity contribution < 1.29 is 27.5 Å². The minimum absolute atomic E-state index is 0.183. The Hall–Kier alpha value is -2.09. The van der Waals surface area contributed by atoms with Gasteiger partial charge in [-0.3, -0.25) is 14.5 Å². The van der Waals surface area contributed by atoms with E-state index in [0.29, 0.717) is 0 Å². The Labute approximate surface area is 138 Å². The summed E-state index contributed by atoms with van der Waals surface area (Å²) in [5.74, 6) is -0.869. The van der Waals surface area contributed by atoms with Crippen LogP contribution in [0.4, 0.5) is 13.2 Å². The van der Waals surface area contributed by atoms with Gasteiger partial charge in [-0.25, -0.2) is 0 Å². The highest BCUT2D eigenvalue weighted by atomic mass is 19.4. The van der Waals surface area contributed by atoms with Crippen LogP contribution in [0.2, 0.25) is 0 Å². The normalized spacial score (nSPS) is 22.3. The molecule has 1 aliphatic rings. The van der Waals surface area contributed by atoms with Gasteiger partial charge in [-0.1, -0.05) is 6.07 Å². The molecule has 1 fully saturated rings. The van der Waals surface area contributed by atoms with Crippen molar-refractivity contribution in [3.63, 3.8) is 0 Å². The average molecular weight is 344 g/mol. The van der Waals surface area contributed by atoms with Gasteiger partial charge in [0.05, 0.1) is 0 Å². The summed E-state index contributed by atoms with van der Waals surface area (Å²) < 4.78 is 44.4. The predicted molar refractivity (Wildman–Crippen MR) is 80.7 cm³/mol. The minimum atomic E-state index is -4.42. The minimum Gasteiger partial charge on any atom is -0.427 e. The molecule has 0 spiro atoms. The van der Waals surface area contributed by atoms with E-state index in [2.05, 4.69) is 0 Å². The van der Waals surface area contributed by atoms with Crippen LogP contribution < -0.4 is 4.74 Å². The number of nitrogens with zero attached hydrogens (tertiary/aromatic N) is 2. The molecule has 1 aromatic carbocycles. The third kappa shape index (κ3) is 4.05. The number of hydrogen-bond donors (Lipinski definition) is 0. The molecule has 1 saturated heterocycles. The fourth-order valence-electron chi connectivity index (χ4n) is 2.71. The van der Waals surface area contributed by atoms with Crippen LogP contribution in [0.5, 0.6) is 5.75 Å². The van der Waals surface area contributed by atoms with Crippen molar-refractivity contribution in [1.82, 2.24) is 9.80 Å². The zero-order valence-corrected chi connectivity index (χ0v) is 13.6. The molecular formula is C16H19F3N2O3. The lowest BCUT2D eigenvalue weighted by Gasteiger charge is -2.44. The first kappa shape index (κ1) is 18.3. The van der Waals surface area contributed by atoms with Crippen LogP contribution in [-0.4, -0.2) is 60.1 Å². The van der Waals surface area contributed by atoms with E-state index < -0.39 is 36.7 Å². The molecule has 1 aromatic rings. The molecule has 0 bridgehead atoms. The topological polar surface area (TPSA) is 49.9 Å². The molecule has 2 atom stereocenters. The van der Waals surface area contributed by atoms with Crippen molar-refractivity contribution in [3.05, 3.63) is 29.8 Å². The summed E-state index contributed by atoms with van der Waals surface area (Å²) in [6.07, 6.45) is -4.42. The summed E-state index contributed by atoms with van der Waals surface area (Å²) in [7, 11) is 1.41. The van der Waals surface area contributed by atoms with Gasteiger partial charge in [0.1, 0.15) is 11.8 Å². The molecule has 0 aromatic heterocycles. The zero-order chi connectivity index (χ0) is 18.1. The fraction of sp³-hybridized carbons (Fsp3) is 0.500. The second-order valence-electron chi connectivity index (χ2n) is 5.90. The molecule has 1 heterocycles. The summed E-state index contributed by atoms with van der Waals surface area (Å²) in [4.78, 5) is 26.0. The van der Waals surface area contributed by atoms with Crippen LogP contribution in [0.3, 0.4) is 0 Å². The first-order chi connectivity index (χ1) is 11.1. The van der Waals surface area contributed by atoms with Crippen molar-refractivity contribution >= 4 is 11.9 Å². The summed E-state index contributed by atoms with van der Waals surface area (Å²) in [5, 5.41) is 0. The molecule has 5 nitrogen and oxygen atoms in total. The number of benzene rings is 1. The van der Waals surface area contributed by atoms with E-state index >= 15 is 0 Å². The second-order valence-corrected chi connectivity index (χ2v) is 5.90. The van der Waals surface area contributed by atoms with Gasteiger partial charge in [0.2, 0.25) is 0 Å². The molecule has 1 aliphatic heterocycles. The number of esters is 1. The van der Waals surface area contributed by atoms with E-state index in [0.717, 1.165) is 0 Å². The Kier molecular flexibility index (Phi) is 5.17. The maximum absolute atomic E-state index is 13.2. The van der Waals surface area contributed by atoms with Gasteiger partial charge < -0.3 is 9.64 Å². The Morgan fingerprint density at radius 2 is 1.92 bits per heavy atom. The Balaban J connectivity index is 2.21. The maximum atomic E-state index is 13.2. The van der Waals surface area contributed by atoms with Crippen molar-refractivity contribution in [2.75, 3.05) is 20.1 Å². The molecule has 1 amide bonds. The van der Waals surface area contributed by atoms with Gasteiger partial charge >= 0.3 is 12.1 Å². The Morgan fingerprint density at radius 1 is 1.25 bits per heavy atom. The maximum Gasteiger partial charge on any atom is 0.405 e. The monoisotopic (exact) mass is 344 g/mol. The van der Waals surface area contributed by atoms with E-state index in [1.807, 2.05) is 0 Å². The number of amides is 1. The molecular weight excluding hydrogens is 325 g/mol. The number of rotatable bonds is 2. The lowest BCUT2D eigenvalue weighted by molar-refractivity contribution is -0.197. The van der Waals surface area contributed by atoms with Gasteiger partial charge in [0, 0.05) is 31.6 Å².